The van der Waals surface area contributed by atoms with E-state index in [1.807, 2.05) is 19.1 Å². The number of hydrogen-bond donors (Lipinski definition) is 2. The van der Waals surface area contributed by atoms with E-state index in [1.165, 1.54) is 49.7 Å². The van der Waals surface area contributed by atoms with Gasteiger partial charge in [0.15, 0.2) is 6.29 Å². The predicted octanol–water partition coefficient (Wildman–Crippen LogP) is 7.21. The number of methoxy groups -OCH3 is 1. The van der Waals surface area contributed by atoms with Crippen LogP contribution in [0.1, 0.15) is 85.0 Å². The summed E-state index contributed by atoms with van der Waals surface area (Å²) < 4.78 is 11.4. The summed E-state index contributed by atoms with van der Waals surface area (Å²) in [4.78, 5) is 12.3. The second-order valence-electron chi connectivity index (χ2n) is 11.1. The molecule has 4 aliphatic rings. The zero-order valence-corrected chi connectivity index (χ0v) is 21.8. The molecule has 5 heteroatoms. The molecule has 35 heavy (non-hydrogen) atoms. The van der Waals surface area contributed by atoms with E-state index < -0.39 is 5.97 Å². The number of carboxylic acid groups (broad SMARTS) is 1. The summed E-state index contributed by atoms with van der Waals surface area (Å²) in [6.07, 6.45) is 9.87. The van der Waals surface area contributed by atoms with Crippen LogP contribution in [0.5, 0.6) is 0 Å². The summed E-state index contributed by atoms with van der Waals surface area (Å²) in [7, 11) is 1.68. The van der Waals surface area contributed by atoms with Gasteiger partial charge in [0.05, 0.1) is 12.2 Å². The van der Waals surface area contributed by atoms with Crippen LogP contribution in [0.4, 0.5) is 0 Å². The van der Waals surface area contributed by atoms with Crippen molar-refractivity contribution in [1.29, 1.82) is 0 Å². The highest BCUT2D eigenvalue weighted by Crippen LogP contribution is 2.62. The number of carbonyl (C=O) groups is 1. The Labute approximate surface area is 214 Å². The molecule has 4 bridgehead atoms. The fraction of sp³-hybridized carbons (Fsp3) is 0.500. The van der Waals surface area contributed by atoms with E-state index in [2.05, 4.69) is 25.1 Å². The minimum Gasteiger partial charge on any atom is -0.478 e. The van der Waals surface area contributed by atoms with Crippen molar-refractivity contribution in [3.8, 4) is 0 Å². The van der Waals surface area contributed by atoms with Crippen molar-refractivity contribution < 1.29 is 19.4 Å². The lowest BCUT2D eigenvalue weighted by atomic mass is 9.47. The summed E-state index contributed by atoms with van der Waals surface area (Å²) >= 11 is 5.21. The van der Waals surface area contributed by atoms with Crippen LogP contribution in [0.15, 0.2) is 41.3 Å². The second-order valence-corrected chi connectivity index (χ2v) is 11.5. The number of ether oxygens (including phenoxy) is 2. The van der Waals surface area contributed by atoms with E-state index in [0.29, 0.717) is 12.2 Å². The van der Waals surface area contributed by atoms with Crippen LogP contribution in [0.25, 0.3) is 11.6 Å². The van der Waals surface area contributed by atoms with Crippen LogP contribution in [0, 0.1) is 17.8 Å². The number of allylic oxidation sites excluding steroid dienone is 1. The van der Waals surface area contributed by atoms with Gasteiger partial charge in [-0.3, -0.25) is 0 Å². The quantitative estimate of drug-likeness (QED) is 0.232. The first kappa shape index (κ1) is 24.6. The van der Waals surface area contributed by atoms with Crippen molar-refractivity contribution in [2.45, 2.75) is 75.6 Å². The van der Waals surface area contributed by atoms with Crippen LogP contribution in [0.2, 0.25) is 0 Å². The molecule has 2 aromatic rings. The largest absolute Gasteiger partial charge is 0.478 e. The number of aromatic carboxylic acids is 1. The molecule has 4 saturated carbocycles. The van der Waals surface area contributed by atoms with E-state index in [9.17, 15) is 9.90 Å². The molecule has 6 rings (SSSR count). The van der Waals surface area contributed by atoms with E-state index in [4.69, 9.17) is 22.1 Å². The zero-order valence-electron chi connectivity index (χ0n) is 20.9. The summed E-state index contributed by atoms with van der Waals surface area (Å²) in [5, 5.41) is 9.20. The molecule has 0 amide bonds. The van der Waals surface area contributed by atoms with Crippen LogP contribution >= 0.6 is 12.6 Å². The maximum atomic E-state index is 11.2. The summed E-state index contributed by atoms with van der Waals surface area (Å²) in [5.74, 6) is 1.62. The van der Waals surface area contributed by atoms with Gasteiger partial charge in [-0.15, -0.1) is 12.6 Å². The average molecular weight is 493 g/mol. The maximum absolute atomic E-state index is 11.2. The molecular formula is C30H36O4S. The Kier molecular flexibility index (Phi) is 6.86. The molecule has 0 heterocycles. The Morgan fingerprint density at radius 2 is 1.69 bits per heavy atom. The third kappa shape index (κ3) is 4.83. The Balaban J connectivity index is 1.54. The second kappa shape index (κ2) is 9.76. The lowest BCUT2D eigenvalue weighted by Crippen LogP contribution is -2.49. The predicted molar refractivity (Wildman–Crippen MR) is 142 cm³/mol. The minimum absolute atomic E-state index is 0.195. The van der Waals surface area contributed by atoms with Gasteiger partial charge in [-0.1, -0.05) is 30.3 Å². The number of hydrogen-bond acceptors (Lipinski definition) is 4. The summed E-state index contributed by atoms with van der Waals surface area (Å²) in [6.45, 7) is 4.58. The Morgan fingerprint density at radius 1 is 1.09 bits per heavy atom. The Morgan fingerprint density at radius 3 is 2.23 bits per heavy atom. The molecule has 0 spiro atoms. The van der Waals surface area contributed by atoms with Crippen molar-refractivity contribution in [1.82, 2.24) is 0 Å². The maximum Gasteiger partial charge on any atom is 0.335 e. The highest BCUT2D eigenvalue weighted by Gasteiger charge is 2.52. The Bertz CT molecular complexity index is 1100. The van der Waals surface area contributed by atoms with Gasteiger partial charge in [0.25, 0.3) is 0 Å². The van der Waals surface area contributed by atoms with Gasteiger partial charge in [0, 0.05) is 12.0 Å². The van der Waals surface area contributed by atoms with Gasteiger partial charge >= 0.3 is 5.97 Å². The highest BCUT2D eigenvalue weighted by atomic mass is 32.1. The molecule has 4 nitrogen and oxygen atoms in total. The van der Waals surface area contributed by atoms with Gasteiger partial charge in [-0.25, -0.2) is 4.79 Å². The molecule has 4 fully saturated rings. The standard InChI is InChI=1S/C30H36O4S/c1-18(10-20-4-6-24(7-5-20)29(31)32)26-9-8-25(17-34-19(2)33-3)27(28(26)35)30-14-21-11-22(15-30)13-23(12-21)16-30/h4-10,19,21-23,35H,11-17H2,1-3H3,(H,31,32). The first-order chi connectivity index (χ1) is 16.8. The van der Waals surface area contributed by atoms with Gasteiger partial charge in [0.1, 0.15) is 0 Å². The molecule has 0 saturated heterocycles. The van der Waals surface area contributed by atoms with Gasteiger partial charge in [0.2, 0.25) is 0 Å². The molecular weight excluding hydrogens is 456 g/mol. The number of benzene rings is 2. The fourth-order valence-corrected chi connectivity index (χ4v) is 8.04. The smallest absolute Gasteiger partial charge is 0.335 e. The fourth-order valence-electron chi connectivity index (χ4n) is 7.40. The third-order valence-electron chi connectivity index (χ3n) is 8.60. The van der Waals surface area contributed by atoms with Crippen LogP contribution in [-0.2, 0) is 21.5 Å². The first-order valence-electron chi connectivity index (χ1n) is 12.8. The van der Waals surface area contributed by atoms with Crippen LogP contribution < -0.4 is 0 Å². The molecule has 1 atom stereocenters. The number of carboxylic acids is 1. The van der Waals surface area contributed by atoms with Crippen molar-refractivity contribution in [3.05, 3.63) is 64.2 Å². The van der Waals surface area contributed by atoms with E-state index in [0.717, 1.165) is 39.3 Å². The monoisotopic (exact) mass is 492 g/mol. The number of thiol groups is 1. The molecule has 0 radical (unpaired) electrons. The molecule has 186 valence electrons. The Hall–Kier alpha value is -2.08. The van der Waals surface area contributed by atoms with Crippen LogP contribution in [0.3, 0.4) is 0 Å². The van der Waals surface area contributed by atoms with Crippen molar-refractivity contribution in [2.75, 3.05) is 7.11 Å². The molecule has 1 unspecified atom stereocenters. The first-order valence-corrected chi connectivity index (χ1v) is 13.2. The lowest BCUT2D eigenvalue weighted by Gasteiger charge is -2.57. The summed E-state index contributed by atoms with van der Waals surface area (Å²) in [6, 6.07) is 11.4. The molecule has 2 aromatic carbocycles. The molecule has 0 aromatic heterocycles. The van der Waals surface area contributed by atoms with Crippen molar-refractivity contribution in [3.63, 3.8) is 0 Å². The third-order valence-corrected chi connectivity index (χ3v) is 9.07. The highest BCUT2D eigenvalue weighted by molar-refractivity contribution is 7.80. The average Bonchev–Trinajstić information content (AvgIpc) is 2.81. The zero-order chi connectivity index (χ0) is 24.7. The molecule has 0 aliphatic heterocycles. The van der Waals surface area contributed by atoms with E-state index in [1.54, 1.807) is 19.2 Å². The van der Waals surface area contributed by atoms with Gasteiger partial charge in [-0.05, 0) is 116 Å². The van der Waals surface area contributed by atoms with Gasteiger partial charge < -0.3 is 14.6 Å². The van der Waals surface area contributed by atoms with Crippen LogP contribution in [-0.4, -0.2) is 24.5 Å². The number of rotatable bonds is 8. The molecule has 1 N–H and O–H groups in total. The molecule has 4 aliphatic carbocycles. The SMILES string of the molecule is COC(C)OCc1ccc(C(C)=Cc2ccc(C(=O)O)cc2)c(S)c1C12CC3CC(CC(C3)C1)C2. The van der Waals surface area contributed by atoms with Gasteiger partial charge in [-0.2, -0.15) is 0 Å². The van der Waals surface area contributed by atoms with Crippen molar-refractivity contribution in [2.24, 2.45) is 17.8 Å². The van der Waals surface area contributed by atoms with E-state index >= 15 is 0 Å². The topological polar surface area (TPSA) is 55.8 Å². The van der Waals surface area contributed by atoms with Crippen molar-refractivity contribution >= 4 is 30.2 Å². The lowest BCUT2D eigenvalue weighted by molar-refractivity contribution is -0.119. The summed E-state index contributed by atoms with van der Waals surface area (Å²) in [5.41, 5.74) is 6.39. The normalized spacial score (nSPS) is 28.3. The van der Waals surface area contributed by atoms with E-state index in [-0.39, 0.29) is 11.7 Å². The minimum atomic E-state index is -0.907.